The van der Waals surface area contributed by atoms with Crippen LogP contribution in [0, 0.1) is 19.3 Å². The highest BCUT2D eigenvalue weighted by Gasteiger charge is 2.34. The van der Waals surface area contributed by atoms with Crippen LogP contribution in [0.4, 0.5) is 0 Å². The highest BCUT2D eigenvalue weighted by molar-refractivity contribution is 6.19. The molecule has 0 radical (unpaired) electrons. The number of amides is 1. The molecule has 2 heterocycles. The molecule has 1 aliphatic heterocycles. The van der Waals surface area contributed by atoms with Gasteiger partial charge in [-0.2, -0.15) is 0 Å². The number of carbonyl (C=O) groups is 1. The molecule has 0 bridgehead atoms. The van der Waals surface area contributed by atoms with Crippen molar-refractivity contribution in [1.29, 1.82) is 0 Å². The highest BCUT2D eigenvalue weighted by atomic mass is 35.5. The smallest absolute Gasteiger partial charge is 0.229 e. The molecule has 0 spiro atoms. The molecule has 3 nitrogen and oxygen atoms in total. The van der Waals surface area contributed by atoms with Crippen LogP contribution in [0.3, 0.4) is 0 Å². The summed E-state index contributed by atoms with van der Waals surface area (Å²) in [5.41, 5.74) is 4.75. The van der Waals surface area contributed by atoms with Crippen molar-refractivity contribution < 1.29 is 4.79 Å². The third-order valence-corrected chi connectivity index (χ3v) is 6.02. The van der Waals surface area contributed by atoms with E-state index in [1.165, 1.54) is 27.7 Å². The van der Waals surface area contributed by atoms with E-state index in [4.69, 9.17) is 11.6 Å². The molecule has 0 atom stereocenters. The number of carbonyl (C=O) groups excluding carboxylic acids is 1. The number of hydrogen-bond acceptors (Lipinski definition) is 1. The summed E-state index contributed by atoms with van der Waals surface area (Å²) in [5, 5.41) is 1.33. The van der Waals surface area contributed by atoms with Gasteiger partial charge in [0, 0.05) is 41.5 Å². The molecule has 1 saturated heterocycles. The lowest BCUT2D eigenvalue weighted by Crippen LogP contribution is -2.45. The Balaban J connectivity index is 1.76. The van der Waals surface area contributed by atoms with Crippen LogP contribution in [0.15, 0.2) is 18.2 Å². The number of nitrogens with zero attached hydrogens (tertiary/aromatic N) is 1. The van der Waals surface area contributed by atoms with Gasteiger partial charge in [-0.05, 0) is 58.2 Å². The quantitative estimate of drug-likeness (QED) is 0.799. The molecule has 4 heteroatoms. The van der Waals surface area contributed by atoms with E-state index >= 15 is 0 Å². The Bertz CT molecular complexity index is 754. The minimum atomic E-state index is -0.469. The summed E-state index contributed by atoms with van der Waals surface area (Å²) in [6.45, 7) is 9.84. The molecular weight excluding hydrogens is 320 g/mol. The molecule has 2 aromatic rings. The monoisotopic (exact) mass is 346 g/mol. The largest absolute Gasteiger partial charge is 0.358 e. The number of fused-ring (bicyclic) bond motifs is 1. The van der Waals surface area contributed by atoms with Crippen LogP contribution < -0.4 is 0 Å². The molecular formula is C20H27ClN2O. The first-order valence-electron chi connectivity index (χ1n) is 8.77. The number of hydrogen-bond donors (Lipinski definition) is 1. The molecule has 3 rings (SSSR count). The van der Waals surface area contributed by atoms with Gasteiger partial charge in [0.05, 0.1) is 5.41 Å². The third-order valence-electron chi connectivity index (χ3n) is 5.36. The van der Waals surface area contributed by atoms with Crippen LogP contribution in [-0.4, -0.2) is 34.8 Å². The number of H-pyrrole nitrogens is 1. The van der Waals surface area contributed by atoms with Gasteiger partial charge in [0.15, 0.2) is 0 Å². The number of benzene rings is 1. The van der Waals surface area contributed by atoms with Crippen molar-refractivity contribution in [3.63, 3.8) is 0 Å². The molecule has 1 amide bonds. The molecule has 24 heavy (non-hydrogen) atoms. The minimum Gasteiger partial charge on any atom is -0.358 e. The van der Waals surface area contributed by atoms with Crippen molar-refractivity contribution in [3.05, 3.63) is 35.0 Å². The Morgan fingerprint density at radius 2 is 1.96 bits per heavy atom. The van der Waals surface area contributed by atoms with Crippen molar-refractivity contribution in [2.24, 2.45) is 5.41 Å². The summed E-state index contributed by atoms with van der Waals surface area (Å²) in [5.74, 6) is 1.05. The van der Waals surface area contributed by atoms with Gasteiger partial charge in [-0.1, -0.05) is 11.6 Å². The molecule has 1 N–H and O–H groups in total. The van der Waals surface area contributed by atoms with Gasteiger partial charge < -0.3 is 9.88 Å². The Morgan fingerprint density at radius 3 is 2.58 bits per heavy atom. The van der Waals surface area contributed by atoms with E-state index in [2.05, 4.69) is 37.0 Å². The standard InChI is InChI=1S/C20H27ClN2O/c1-13-5-6-17-16(11-13)14(2)18(22-17)15-7-9-23(10-8-15)19(24)20(3,4)12-21/h5-6,11,15,22H,7-10,12H2,1-4H3. The molecule has 0 saturated carbocycles. The Hall–Kier alpha value is -1.48. The van der Waals surface area contributed by atoms with Crippen molar-refractivity contribution in [2.45, 2.75) is 46.5 Å². The van der Waals surface area contributed by atoms with E-state index in [0.717, 1.165) is 25.9 Å². The molecule has 1 aromatic heterocycles. The third kappa shape index (κ3) is 3.06. The Labute approximate surface area is 149 Å². The molecule has 1 aromatic carbocycles. The fourth-order valence-electron chi connectivity index (χ4n) is 3.73. The average Bonchev–Trinajstić information content (AvgIpc) is 2.91. The fraction of sp³-hybridized carbons (Fsp3) is 0.550. The van der Waals surface area contributed by atoms with Gasteiger partial charge in [0.1, 0.15) is 0 Å². The molecule has 0 unspecified atom stereocenters. The second kappa shape index (κ2) is 6.44. The van der Waals surface area contributed by atoms with E-state index in [1.54, 1.807) is 0 Å². The molecule has 130 valence electrons. The van der Waals surface area contributed by atoms with Crippen molar-refractivity contribution in [2.75, 3.05) is 19.0 Å². The van der Waals surface area contributed by atoms with Gasteiger partial charge in [-0.3, -0.25) is 4.79 Å². The number of nitrogens with one attached hydrogen (secondary N) is 1. The topological polar surface area (TPSA) is 36.1 Å². The summed E-state index contributed by atoms with van der Waals surface area (Å²) < 4.78 is 0. The van der Waals surface area contributed by atoms with Crippen molar-refractivity contribution in [3.8, 4) is 0 Å². The fourth-order valence-corrected chi connectivity index (χ4v) is 3.84. The lowest BCUT2D eigenvalue weighted by atomic mass is 9.88. The maximum Gasteiger partial charge on any atom is 0.229 e. The predicted molar refractivity (Wildman–Crippen MR) is 101 cm³/mol. The Morgan fingerprint density at radius 1 is 1.29 bits per heavy atom. The first kappa shape index (κ1) is 17.3. The van der Waals surface area contributed by atoms with E-state index < -0.39 is 5.41 Å². The van der Waals surface area contributed by atoms with E-state index in [0.29, 0.717) is 11.8 Å². The van der Waals surface area contributed by atoms with Gasteiger partial charge >= 0.3 is 0 Å². The lowest BCUT2D eigenvalue weighted by Gasteiger charge is -2.36. The number of halogens is 1. The number of alkyl halides is 1. The number of aromatic amines is 1. The molecule has 1 aliphatic rings. The summed E-state index contributed by atoms with van der Waals surface area (Å²) in [7, 11) is 0. The van der Waals surface area contributed by atoms with Crippen molar-refractivity contribution in [1.82, 2.24) is 9.88 Å². The Kier molecular flexibility index (Phi) is 4.65. The normalized spacial score (nSPS) is 16.8. The lowest BCUT2D eigenvalue weighted by molar-refractivity contribution is -0.140. The number of aromatic nitrogens is 1. The molecule has 1 fully saturated rings. The number of likely N-dealkylation sites (tertiary alicyclic amines) is 1. The van der Waals surface area contributed by atoms with E-state index in [1.807, 2.05) is 18.7 Å². The van der Waals surface area contributed by atoms with Crippen molar-refractivity contribution >= 4 is 28.4 Å². The SMILES string of the molecule is Cc1ccc2[nH]c(C3CCN(C(=O)C(C)(C)CCl)CC3)c(C)c2c1. The number of piperidine rings is 1. The number of aryl methyl sites for hydroxylation is 2. The maximum absolute atomic E-state index is 12.6. The highest BCUT2D eigenvalue weighted by Crippen LogP contribution is 2.35. The van der Waals surface area contributed by atoms with Gasteiger partial charge in [-0.15, -0.1) is 11.6 Å². The van der Waals surface area contributed by atoms with Gasteiger partial charge in [0.2, 0.25) is 5.91 Å². The zero-order valence-electron chi connectivity index (χ0n) is 15.1. The second-order valence-corrected chi connectivity index (χ2v) is 8.06. The maximum atomic E-state index is 12.6. The summed E-state index contributed by atoms with van der Waals surface area (Å²) >= 11 is 5.96. The van der Waals surface area contributed by atoms with Crippen LogP contribution in [0.1, 0.15) is 49.4 Å². The number of rotatable bonds is 3. The second-order valence-electron chi connectivity index (χ2n) is 7.80. The summed E-state index contributed by atoms with van der Waals surface area (Å²) in [6, 6.07) is 6.58. The van der Waals surface area contributed by atoms with Crippen LogP contribution in [-0.2, 0) is 4.79 Å². The van der Waals surface area contributed by atoms with Crippen LogP contribution in [0.25, 0.3) is 10.9 Å². The zero-order valence-corrected chi connectivity index (χ0v) is 15.8. The van der Waals surface area contributed by atoms with Gasteiger partial charge in [-0.25, -0.2) is 0 Å². The summed E-state index contributed by atoms with van der Waals surface area (Å²) in [6.07, 6.45) is 2.02. The summed E-state index contributed by atoms with van der Waals surface area (Å²) in [4.78, 5) is 18.2. The van der Waals surface area contributed by atoms with Gasteiger partial charge in [0.25, 0.3) is 0 Å². The van der Waals surface area contributed by atoms with Crippen LogP contribution in [0.5, 0.6) is 0 Å². The zero-order chi connectivity index (χ0) is 17.5. The first-order chi connectivity index (χ1) is 11.3. The first-order valence-corrected chi connectivity index (χ1v) is 9.31. The van der Waals surface area contributed by atoms with E-state index in [9.17, 15) is 4.79 Å². The van der Waals surface area contributed by atoms with Crippen LogP contribution in [0.2, 0.25) is 0 Å². The molecule has 0 aliphatic carbocycles. The minimum absolute atomic E-state index is 0.181. The van der Waals surface area contributed by atoms with Crippen LogP contribution >= 0.6 is 11.6 Å². The van der Waals surface area contributed by atoms with E-state index in [-0.39, 0.29) is 5.91 Å². The average molecular weight is 347 g/mol. The predicted octanol–water partition coefficient (Wildman–Crippen LogP) is 4.76.